The van der Waals surface area contributed by atoms with Crippen LogP contribution in [0.3, 0.4) is 0 Å². The van der Waals surface area contributed by atoms with Crippen LogP contribution in [-0.4, -0.2) is 32.5 Å². The van der Waals surface area contributed by atoms with Gasteiger partial charge in [0, 0.05) is 6.54 Å². The van der Waals surface area contributed by atoms with Crippen molar-refractivity contribution in [2.24, 2.45) is 0 Å². The molecule has 1 fully saturated rings. The van der Waals surface area contributed by atoms with Crippen LogP contribution in [0.4, 0.5) is 10.9 Å². The number of hydrogen-bond acceptors (Lipinski definition) is 6. The van der Waals surface area contributed by atoms with E-state index in [1.54, 1.807) is 0 Å². The molecule has 0 unspecified atom stereocenters. The summed E-state index contributed by atoms with van der Waals surface area (Å²) in [4.78, 5) is 20.4. The average Bonchev–Trinajstić information content (AvgIpc) is 3.43. The molecule has 1 saturated heterocycles. The van der Waals surface area contributed by atoms with E-state index in [4.69, 9.17) is 4.98 Å². The first-order valence-corrected chi connectivity index (χ1v) is 11.6. The molecule has 1 aromatic carbocycles. The Morgan fingerprint density at radius 1 is 1.19 bits per heavy atom. The molecular weight excluding hydrogens is 406 g/mol. The van der Waals surface area contributed by atoms with Crippen molar-refractivity contribution in [1.29, 1.82) is 0 Å². The maximum Gasteiger partial charge on any atom is 0.233 e. The molecule has 31 heavy (non-hydrogen) atoms. The van der Waals surface area contributed by atoms with Gasteiger partial charge in [0.1, 0.15) is 10.8 Å². The molecule has 1 aliphatic rings. The molecule has 0 aliphatic carbocycles. The smallest absolute Gasteiger partial charge is 0.233 e. The predicted octanol–water partition coefficient (Wildman–Crippen LogP) is 5.19. The molecule has 0 saturated carbocycles. The number of aromatic nitrogens is 3. The third kappa shape index (κ3) is 4.46. The van der Waals surface area contributed by atoms with E-state index in [2.05, 4.69) is 53.6 Å². The highest BCUT2D eigenvalue weighted by Crippen LogP contribution is 2.36. The van der Waals surface area contributed by atoms with Gasteiger partial charge < -0.3 is 10.2 Å². The second kappa shape index (κ2) is 8.75. The number of benzene rings is 1. The molecule has 3 aromatic rings. The number of amides is 1. The Morgan fingerprint density at radius 2 is 1.97 bits per heavy atom. The Bertz CT molecular complexity index is 1060. The van der Waals surface area contributed by atoms with E-state index >= 15 is 0 Å². The fourth-order valence-corrected chi connectivity index (χ4v) is 4.72. The predicted molar refractivity (Wildman–Crippen MR) is 125 cm³/mol. The second-order valence-corrected chi connectivity index (χ2v) is 9.64. The molecule has 2 aromatic heterocycles. The number of carbonyl (C=O) groups is 1. The standard InChI is InChI=1S/C24H29N5OS/c1-5-21-27-28-23(31-21)26-20-10-6-8-18(25-20)19-9-7-15-29(19)22(30)24(3,4)17-13-11-16(2)12-14-17/h6,8,10-14,19H,5,7,9,15H2,1-4H3,(H,25,26,28)/t19-/m0/s1. The Balaban J connectivity index is 1.55. The summed E-state index contributed by atoms with van der Waals surface area (Å²) < 4.78 is 0. The van der Waals surface area contributed by atoms with Crippen molar-refractivity contribution < 1.29 is 4.79 Å². The molecule has 0 spiro atoms. The minimum Gasteiger partial charge on any atom is -0.333 e. The van der Waals surface area contributed by atoms with Gasteiger partial charge in [-0.15, -0.1) is 10.2 Å². The van der Waals surface area contributed by atoms with Crippen LogP contribution in [0, 0.1) is 6.92 Å². The molecule has 0 radical (unpaired) electrons. The van der Waals surface area contributed by atoms with Gasteiger partial charge in [-0.2, -0.15) is 0 Å². The van der Waals surface area contributed by atoms with Gasteiger partial charge in [-0.3, -0.25) is 4.79 Å². The van der Waals surface area contributed by atoms with Gasteiger partial charge in [0.2, 0.25) is 11.0 Å². The Morgan fingerprint density at radius 3 is 2.68 bits per heavy atom. The largest absolute Gasteiger partial charge is 0.333 e. The second-order valence-electron chi connectivity index (χ2n) is 8.57. The summed E-state index contributed by atoms with van der Waals surface area (Å²) in [7, 11) is 0. The van der Waals surface area contributed by atoms with Crippen LogP contribution in [0.1, 0.15) is 61.5 Å². The minimum absolute atomic E-state index is 0.0143. The molecule has 4 rings (SSSR count). The summed E-state index contributed by atoms with van der Waals surface area (Å²) in [6.45, 7) is 8.91. The maximum atomic E-state index is 13.6. The number of anilines is 2. The van der Waals surface area contributed by atoms with E-state index < -0.39 is 5.41 Å². The molecular formula is C24H29N5OS. The lowest BCUT2D eigenvalue weighted by molar-refractivity contribution is -0.137. The van der Waals surface area contributed by atoms with Crippen molar-refractivity contribution in [2.75, 3.05) is 11.9 Å². The van der Waals surface area contributed by atoms with E-state index in [9.17, 15) is 4.79 Å². The van der Waals surface area contributed by atoms with Gasteiger partial charge in [-0.25, -0.2) is 4.98 Å². The lowest BCUT2D eigenvalue weighted by Gasteiger charge is -2.33. The number of nitrogens with one attached hydrogen (secondary N) is 1. The maximum absolute atomic E-state index is 13.6. The van der Waals surface area contributed by atoms with Gasteiger partial charge in [-0.1, -0.05) is 54.2 Å². The van der Waals surface area contributed by atoms with Crippen LogP contribution in [0.15, 0.2) is 42.5 Å². The van der Waals surface area contributed by atoms with Crippen molar-refractivity contribution in [3.8, 4) is 0 Å². The van der Waals surface area contributed by atoms with Crippen LogP contribution in [0.5, 0.6) is 0 Å². The van der Waals surface area contributed by atoms with E-state index in [-0.39, 0.29) is 11.9 Å². The molecule has 7 heteroatoms. The first kappa shape index (κ1) is 21.4. The van der Waals surface area contributed by atoms with Crippen molar-refractivity contribution in [1.82, 2.24) is 20.1 Å². The zero-order valence-electron chi connectivity index (χ0n) is 18.6. The topological polar surface area (TPSA) is 71.0 Å². The average molecular weight is 436 g/mol. The fourth-order valence-electron chi connectivity index (χ4n) is 4.03. The third-order valence-electron chi connectivity index (χ3n) is 5.94. The van der Waals surface area contributed by atoms with E-state index in [1.165, 1.54) is 16.9 Å². The summed E-state index contributed by atoms with van der Waals surface area (Å²) >= 11 is 1.54. The number of hydrogen-bond donors (Lipinski definition) is 1. The molecule has 6 nitrogen and oxygen atoms in total. The number of nitrogens with zero attached hydrogens (tertiary/aromatic N) is 4. The van der Waals surface area contributed by atoms with Crippen LogP contribution >= 0.6 is 11.3 Å². The number of pyridine rings is 1. The van der Waals surface area contributed by atoms with Crippen molar-refractivity contribution in [3.05, 3.63) is 64.3 Å². The third-order valence-corrected chi connectivity index (χ3v) is 6.92. The summed E-state index contributed by atoms with van der Waals surface area (Å²) in [5.41, 5.74) is 2.56. The minimum atomic E-state index is -0.588. The van der Waals surface area contributed by atoms with Crippen LogP contribution in [-0.2, 0) is 16.6 Å². The highest BCUT2D eigenvalue weighted by atomic mass is 32.1. The van der Waals surface area contributed by atoms with Crippen LogP contribution in [0.25, 0.3) is 0 Å². The summed E-state index contributed by atoms with van der Waals surface area (Å²) in [5, 5.41) is 13.3. The highest BCUT2D eigenvalue weighted by molar-refractivity contribution is 7.15. The van der Waals surface area contributed by atoms with Gasteiger partial charge in [0.15, 0.2) is 0 Å². The number of rotatable bonds is 6. The molecule has 3 heterocycles. The van der Waals surface area contributed by atoms with Crippen molar-refractivity contribution in [2.45, 2.75) is 58.4 Å². The normalized spacial score (nSPS) is 16.5. The van der Waals surface area contributed by atoms with E-state index in [1.807, 2.05) is 36.9 Å². The summed E-state index contributed by atoms with van der Waals surface area (Å²) in [6, 6.07) is 14.2. The quantitative estimate of drug-likeness (QED) is 0.577. The zero-order chi connectivity index (χ0) is 22.0. The summed E-state index contributed by atoms with van der Waals surface area (Å²) in [6.07, 6.45) is 2.77. The Hall–Kier alpha value is -2.80. The lowest BCUT2D eigenvalue weighted by atomic mass is 9.82. The first-order chi connectivity index (χ1) is 14.9. The number of aryl methyl sites for hydroxylation is 2. The molecule has 1 atom stereocenters. The number of likely N-dealkylation sites (tertiary alicyclic amines) is 1. The first-order valence-electron chi connectivity index (χ1n) is 10.8. The number of carbonyl (C=O) groups excluding carboxylic acids is 1. The Labute approximate surface area is 187 Å². The van der Waals surface area contributed by atoms with Crippen molar-refractivity contribution >= 4 is 28.2 Å². The highest BCUT2D eigenvalue weighted by Gasteiger charge is 2.39. The molecule has 0 bridgehead atoms. The van der Waals surface area contributed by atoms with Gasteiger partial charge in [0.25, 0.3) is 0 Å². The molecule has 1 N–H and O–H groups in total. The van der Waals surface area contributed by atoms with Crippen LogP contribution in [0.2, 0.25) is 0 Å². The SMILES string of the molecule is CCc1nnc(Nc2cccc([C@@H]3CCCN3C(=O)C(C)(C)c3ccc(C)cc3)n2)s1. The van der Waals surface area contributed by atoms with E-state index in [0.29, 0.717) is 0 Å². The van der Waals surface area contributed by atoms with Gasteiger partial charge in [-0.05, 0) is 57.7 Å². The molecule has 1 amide bonds. The molecule has 162 valence electrons. The molecule has 1 aliphatic heterocycles. The Kier molecular flexibility index (Phi) is 6.05. The fraction of sp³-hybridized carbons (Fsp3) is 0.417. The zero-order valence-corrected chi connectivity index (χ0v) is 19.4. The van der Waals surface area contributed by atoms with Gasteiger partial charge in [0.05, 0.1) is 17.2 Å². The van der Waals surface area contributed by atoms with Gasteiger partial charge >= 0.3 is 0 Å². The summed E-state index contributed by atoms with van der Waals surface area (Å²) in [5.74, 6) is 0.879. The van der Waals surface area contributed by atoms with Crippen molar-refractivity contribution in [3.63, 3.8) is 0 Å². The monoisotopic (exact) mass is 435 g/mol. The lowest BCUT2D eigenvalue weighted by Crippen LogP contribution is -2.43. The van der Waals surface area contributed by atoms with E-state index in [0.717, 1.165) is 53.0 Å². The van der Waals surface area contributed by atoms with Crippen LogP contribution < -0.4 is 5.32 Å².